The second-order valence-electron chi connectivity index (χ2n) is 6.47. The standard InChI is InChI=1S/C14H28N2O/c1-14(2)11-16(7-8-17-14)10-13-5-3-12(9-15)4-6-13/h12-13H,3-11,15H2,1-2H3. The van der Waals surface area contributed by atoms with Crippen molar-refractivity contribution in [1.82, 2.24) is 4.90 Å². The summed E-state index contributed by atoms with van der Waals surface area (Å²) in [7, 11) is 0. The third-order valence-electron chi connectivity index (χ3n) is 4.32. The normalized spacial score (nSPS) is 34.8. The van der Waals surface area contributed by atoms with Crippen LogP contribution in [0, 0.1) is 11.8 Å². The average molecular weight is 240 g/mol. The molecular weight excluding hydrogens is 212 g/mol. The van der Waals surface area contributed by atoms with Gasteiger partial charge in [-0.05, 0) is 57.9 Å². The van der Waals surface area contributed by atoms with Gasteiger partial charge in [0, 0.05) is 19.6 Å². The molecule has 1 heterocycles. The highest BCUT2D eigenvalue weighted by molar-refractivity contribution is 4.82. The van der Waals surface area contributed by atoms with Crippen LogP contribution >= 0.6 is 0 Å². The maximum atomic E-state index is 5.76. The first-order valence-corrected chi connectivity index (χ1v) is 7.15. The molecule has 3 heteroatoms. The van der Waals surface area contributed by atoms with E-state index in [1.807, 2.05) is 0 Å². The Morgan fingerprint density at radius 1 is 1.18 bits per heavy atom. The van der Waals surface area contributed by atoms with E-state index in [0.717, 1.165) is 38.1 Å². The molecule has 2 rings (SSSR count). The van der Waals surface area contributed by atoms with Gasteiger partial charge in [0.2, 0.25) is 0 Å². The van der Waals surface area contributed by atoms with Gasteiger partial charge < -0.3 is 10.5 Å². The van der Waals surface area contributed by atoms with E-state index in [-0.39, 0.29) is 5.60 Å². The zero-order valence-corrected chi connectivity index (χ0v) is 11.5. The largest absolute Gasteiger partial charge is 0.373 e. The van der Waals surface area contributed by atoms with E-state index in [4.69, 9.17) is 10.5 Å². The van der Waals surface area contributed by atoms with Crippen molar-refractivity contribution < 1.29 is 4.74 Å². The Hall–Kier alpha value is -0.120. The SMILES string of the molecule is CC1(C)CN(CC2CCC(CN)CC2)CCO1. The van der Waals surface area contributed by atoms with E-state index in [9.17, 15) is 0 Å². The number of morpholine rings is 1. The molecule has 1 saturated heterocycles. The molecule has 1 saturated carbocycles. The third kappa shape index (κ3) is 3.94. The maximum Gasteiger partial charge on any atom is 0.0753 e. The summed E-state index contributed by atoms with van der Waals surface area (Å²) in [6.45, 7) is 9.64. The van der Waals surface area contributed by atoms with E-state index in [2.05, 4.69) is 18.7 Å². The molecule has 0 spiro atoms. The molecule has 0 amide bonds. The van der Waals surface area contributed by atoms with Crippen molar-refractivity contribution in [2.75, 3.05) is 32.8 Å². The van der Waals surface area contributed by atoms with Crippen LogP contribution in [0.3, 0.4) is 0 Å². The molecule has 0 bridgehead atoms. The highest BCUT2D eigenvalue weighted by Crippen LogP contribution is 2.29. The Morgan fingerprint density at radius 2 is 1.82 bits per heavy atom. The fourth-order valence-electron chi connectivity index (χ4n) is 3.28. The fraction of sp³-hybridized carbons (Fsp3) is 1.00. The summed E-state index contributed by atoms with van der Waals surface area (Å²) >= 11 is 0. The minimum atomic E-state index is 0.0483. The second kappa shape index (κ2) is 5.68. The predicted molar refractivity (Wildman–Crippen MR) is 71.0 cm³/mol. The molecule has 1 aliphatic carbocycles. The molecular formula is C14H28N2O. The zero-order valence-electron chi connectivity index (χ0n) is 11.5. The molecule has 2 N–H and O–H groups in total. The first kappa shape index (κ1) is 13.3. The molecule has 0 radical (unpaired) electrons. The van der Waals surface area contributed by atoms with Crippen LogP contribution < -0.4 is 5.73 Å². The highest BCUT2D eigenvalue weighted by Gasteiger charge is 2.29. The van der Waals surface area contributed by atoms with Gasteiger partial charge in [-0.3, -0.25) is 4.90 Å². The number of nitrogens with two attached hydrogens (primary N) is 1. The topological polar surface area (TPSA) is 38.5 Å². The van der Waals surface area contributed by atoms with Gasteiger partial charge in [0.15, 0.2) is 0 Å². The summed E-state index contributed by atoms with van der Waals surface area (Å²) in [6, 6.07) is 0. The van der Waals surface area contributed by atoms with Crippen LogP contribution in [-0.2, 0) is 4.74 Å². The number of hydrogen-bond acceptors (Lipinski definition) is 3. The number of nitrogens with zero attached hydrogens (tertiary/aromatic N) is 1. The smallest absolute Gasteiger partial charge is 0.0753 e. The summed E-state index contributed by atoms with van der Waals surface area (Å²) in [5.41, 5.74) is 5.79. The van der Waals surface area contributed by atoms with Crippen LogP contribution in [0.2, 0.25) is 0 Å². The summed E-state index contributed by atoms with van der Waals surface area (Å²) in [5.74, 6) is 1.69. The molecule has 2 fully saturated rings. The lowest BCUT2D eigenvalue weighted by molar-refractivity contribution is -0.0900. The first-order chi connectivity index (χ1) is 8.09. The van der Waals surface area contributed by atoms with Gasteiger partial charge >= 0.3 is 0 Å². The maximum absolute atomic E-state index is 5.76. The quantitative estimate of drug-likeness (QED) is 0.818. The Bertz CT molecular complexity index is 234. The van der Waals surface area contributed by atoms with Crippen molar-refractivity contribution in [1.29, 1.82) is 0 Å². The Balaban J connectivity index is 1.74. The Labute approximate surface area is 106 Å². The van der Waals surface area contributed by atoms with Crippen molar-refractivity contribution in [3.8, 4) is 0 Å². The molecule has 1 aliphatic heterocycles. The van der Waals surface area contributed by atoms with Crippen LogP contribution in [0.4, 0.5) is 0 Å². The predicted octanol–water partition coefficient (Wildman–Crippen LogP) is 1.86. The molecule has 2 aliphatic rings. The lowest BCUT2D eigenvalue weighted by Gasteiger charge is -2.40. The van der Waals surface area contributed by atoms with Crippen molar-refractivity contribution in [3.63, 3.8) is 0 Å². The van der Waals surface area contributed by atoms with E-state index in [0.29, 0.717) is 0 Å². The molecule has 0 aromatic carbocycles. The van der Waals surface area contributed by atoms with E-state index >= 15 is 0 Å². The fourth-order valence-corrected chi connectivity index (χ4v) is 3.28. The van der Waals surface area contributed by atoms with E-state index in [1.165, 1.54) is 32.2 Å². The first-order valence-electron chi connectivity index (χ1n) is 7.15. The Morgan fingerprint density at radius 3 is 2.41 bits per heavy atom. The minimum Gasteiger partial charge on any atom is -0.373 e. The van der Waals surface area contributed by atoms with Gasteiger partial charge in [0.1, 0.15) is 0 Å². The van der Waals surface area contributed by atoms with Gasteiger partial charge in [-0.25, -0.2) is 0 Å². The number of ether oxygens (including phenoxy) is 1. The number of rotatable bonds is 3. The van der Waals surface area contributed by atoms with Crippen LogP contribution in [-0.4, -0.2) is 43.3 Å². The summed E-state index contributed by atoms with van der Waals surface area (Å²) in [5, 5.41) is 0. The molecule has 0 aromatic heterocycles. The minimum absolute atomic E-state index is 0.0483. The molecule has 17 heavy (non-hydrogen) atoms. The van der Waals surface area contributed by atoms with Crippen molar-refractivity contribution in [3.05, 3.63) is 0 Å². The zero-order chi connectivity index (χ0) is 12.3. The van der Waals surface area contributed by atoms with Crippen LogP contribution in [0.5, 0.6) is 0 Å². The third-order valence-corrected chi connectivity index (χ3v) is 4.32. The Kier molecular flexibility index (Phi) is 4.45. The summed E-state index contributed by atoms with van der Waals surface area (Å²) in [4.78, 5) is 2.59. The van der Waals surface area contributed by atoms with E-state index in [1.54, 1.807) is 0 Å². The second-order valence-corrected chi connectivity index (χ2v) is 6.47. The van der Waals surface area contributed by atoms with Crippen LogP contribution in [0.25, 0.3) is 0 Å². The monoisotopic (exact) mass is 240 g/mol. The van der Waals surface area contributed by atoms with Crippen molar-refractivity contribution in [2.45, 2.75) is 45.1 Å². The molecule has 3 nitrogen and oxygen atoms in total. The molecule has 100 valence electrons. The molecule has 0 atom stereocenters. The van der Waals surface area contributed by atoms with E-state index < -0.39 is 0 Å². The lowest BCUT2D eigenvalue weighted by Crippen LogP contribution is -2.49. The average Bonchev–Trinajstić information content (AvgIpc) is 2.29. The van der Waals surface area contributed by atoms with Gasteiger partial charge in [-0.2, -0.15) is 0 Å². The molecule has 0 unspecified atom stereocenters. The van der Waals surface area contributed by atoms with Gasteiger partial charge in [0.25, 0.3) is 0 Å². The van der Waals surface area contributed by atoms with Crippen LogP contribution in [0.1, 0.15) is 39.5 Å². The molecule has 0 aromatic rings. The highest BCUT2D eigenvalue weighted by atomic mass is 16.5. The van der Waals surface area contributed by atoms with Gasteiger partial charge in [-0.15, -0.1) is 0 Å². The lowest BCUT2D eigenvalue weighted by atomic mass is 9.81. The van der Waals surface area contributed by atoms with Gasteiger partial charge in [-0.1, -0.05) is 0 Å². The summed E-state index contributed by atoms with van der Waals surface area (Å²) in [6.07, 6.45) is 5.43. The number of hydrogen-bond donors (Lipinski definition) is 1. The van der Waals surface area contributed by atoms with Crippen LogP contribution in [0.15, 0.2) is 0 Å². The van der Waals surface area contributed by atoms with Gasteiger partial charge in [0.05, 0.1) is 12.2 Å². The van der Waals surface area contributed by atoms with Crippen molar-refractivity contribution in [2.24, 2.45) is 17.6 Å². The summed E-state index contributed by atoms with van der Waals surface area (Å²) < 4.78 is 5.76. The van der Waals surface area contributed by atoms with Crippen molar-refractivity contribution >= 4 is 0 Å².